The van der Waals surface area contributed by atoms with Crippen LogP contribution in [0.2, 0.25) is 0 Å². The van der Waals surface area contributed by atoms with Crippen LogP contribution in [0.3, 0.4) is 0 Å². The van der Waals surface area contributed by atoms with E-state index in [1.165, 1.54) is 7.11 Å². The van der Waals surface area contributed by atoms with E-state index < -0.39 is 17.8 Å². The lowest BCUT2D eigenvalue weighted by molar-refractivity contribution is -0.150. The van der Waals surface area contributed by atoms with E-state index in [-0.39, 0.29) is 13.0 Å². The molecule has 1 saturated heterocycles. The zero-order valence-corrected chi connectivity index (χ0v) is 6.97. The zero-order chi connectivity index (χ0) is 9.19. The van der Waals surface area contributed by atoms with Crippen LogP contribution in [0.15, 0.2) is 0 Å². The lowest BCUT2D eigenvalue weighted by Crippen LogP contribution is -2.64. The fourth-order valence-electron chi connectivity index (χ4n) is 1.22. The number of methoxy groups -OCH3 is 1. The van der Waals surface area contributed by atoms with Gasteiger partial charge in [0.15, 0.2) is 5.66 Å². The van der Waals surface area contributed by atoms with Gasteiger partial charge in [0.25, 0.3) is 0 Å². The Morgan fingerprint density at radius 1 is 1.83 bits per heavy atom. The van der Waals surface area contributed by atoms with Crippen molar-refractivity contribution < 1.29 is 13.9 Å². The number of piperidine rings is 1. The number of carbonyl (C=O) groups is 1. The van der Waals surface area contributed by atoms with Crippen molar-refractivity contribution in [2.24, 2.45) is 5.73 Å². The van der Waals surface area contributed by atoms with Gasteiger partial charge < -0.3 is 10.5 Å². The molecule has 0 aromatic heterocycles. The summed E-state index contributed by atoms with van der Waals surface area (Å²) in [6.45, 7) is 0.117. The molecule has 1 aliphatic heterocycles. The van der Waals surface area contributed by atoms with Crippen molar-refractivity contribution in [3.8, 4) is 0 Å². The van der Waals surface area contributed by atoms with Gasteiger partial charge >= 0.3 is 5.97 Å². The molecule has 0 spiro atoms. The normalized spacial score (nSPS) is 36.1. The molecule has 12 heavy (non-hydrogen) atoms. The average molecular weight is 176 g/mol. The monoisotopic (exact) mass is 176 g/mol. The summed E-state index contributed by atoms with van der Waals surface area (Å²) < 4.78 is 17.1. The van der Waals surface area contributed by atoms with Gasteiger partial charge in [-0.15, -0.1) is 0 Å². The summed E-state index contributed by atoms with van der Waals surface area (Å²) in [6.07, 6.45) is -0.328. The number of ether oxygens (including phenoxy) is 1. The zero-order valence-electron chi connectivity index (χ0n) is 6.97. The minimum Gasteiger partial charge on any atom is -0.467 e. The SMILES string of the molecule is COC(=O)[C@@]1(N)CCC(F)CN1. The number of nitrogens with one attached hydrogen (secondary N) is 1. The Morgan fingerprint density at radius 2 is 2.50 bits per heavy atom. The first-order valence-corrected chi connectivity index (χ1v) is 3.85. The van der Waals surface area contributed by atoms with Crippen molar-refractivity contribution in [3.05, 3.63) is 0 Å². The molecule has 0 bridgehead atoms. The third-order valence-corrected chi connectivity index (χ3v) is 2.04. The van der Waals surface area contributed by atoms with Gasteiger partial charge in [-0.05, 0) is 12.8 Å². The molecule has 0 saturated carbocycles. The molecule has 1 heterocycles. The number of hydrogen-bond donors (Lipinski definition) is 2. The summed E-state index contributed by atoms with van der Waals surface area (Å²) in [6, 6.07) is 0. The van der Waals surface area contributed by atoms with Crippen LogP contribution in [0.25, 0.3) is 0 Å². The second-order valence-corrected chi connectivity index (χ2v) is 2.98. The fraction of sp³-hybridized carbons (Fsp3) is 0.857. The molecule has 1 unspecified atom stereocenters. The van der Waals surface area contributed by atoms with Gasteiger partial charge in [0.2, 0.25) is 0 Å². The lowest BCUT2D eigenvalue weighted by Gasteiger charge is -2.33. The number of nitrogens with two attached hydrogens (primary N) is 1. The molecule has 1 fully saturated rings. The van der Waals surface area contributed by atoms with Gasteiger partial charge in [0.05, 0.1) is 7.11 Å². The first kappa shape index (κ1) is 9.41. The minimum absolute atomic E-state index is 0.117. The highest BCUT2D eigenvalue weighted by Crippen LogP contribution is 2.17. The summed E-state index contributed by atoms with van der Waals surface area (Å²) >= 11 is 0. The summed E-state index contributed by atoms with van der Waals surface area (Å²) in [5, 5.41) is 2.62. The topological polar surface area (TPSA) is 64.3 Å². The Hall–Kier alpha value is -0.680. The van der Waals surface area contributed by atoms with E-state index in [9.17, 15) is 9.18 Å². The van der Waals surface area contributed by atoms with Crippen molar-refractivity contribution in [1.29, 1.82) is 0 Å². The fourth-order valence-corrected chi connectivity index (χ4v) is 1.22. The Labute approximate surface area is 70.3 Å². The highest BCUT2D eigenvalue weighted by Gasteiger charge is 2.38. The summed E-state index contributed by atoms with van der Waals surface area (Å²) in [5.41, 5.74) is 4.44. The third kappa shape index (κ3) is 1.73. The molecular weight excluding hydrogens is 163 g/mol. The molecule has 3 N–H and O–H groups in total. The van der Waals surface area contributed by atoms with Gasteiger partial charge in [-0.1, -0.05) is 0 Å². The number of hydrogen-bond acceptors (Lipinski definition) is 4. The standard InChI is InChI=1S/C7H13FN2O2/c1-12-6(11)7(9)3-2-5(8)4-10-7/h5,10H,2-4,9H2,1H3/t5?,7-/m1/s1. The van der Waals surface area contributed by atoms with E-state index in [1.807, 2.05) is 0 Å². The third-order valence-electron chi connectivity index (χ3n) is 2.04. The highest BCUT2D eigenvalue weighted by molar-refractivity contribution is 5.80. The Kier molecular flexibility index (Phi) is 2.64. The van der Waals surface area contributed by atoms with Crippen LogP contribution in [0, 0.1) is 0 Å². The van der Waals surface area contributed by atoms with Crippen molar-refractivity contribution in [2.75, 3.05) is 13.7 Å². The number of halogens is 1. The van der Waals surface area contributed by atoms with Crippen LogP contribution in [0.4, 0.5) is 4.39 Å². The molecular formula is C7H13FN2O2. The second-order valence-electron chi connectivity index (χ2n) is 2.98. The summed E-state index contributed by atoms with van der Waals surface area (Å²) in [7, 11) is 1.26. The Balaban J connectivity index is 2.55. The van der Waals surface area contributed by atoms with Gasteiger partial charge in [0.1, 0.15) is 6.17 Å². The van der Waals surface area contributed by atoms with Crippen LogP contribution >= 0.6 is 0 Å². The second kappa shape index (κ2) is 3.37. The first-order valence-electron chi connectivity index (χ1n) is 3.85. The lowest BCUT2D eigenvalue weighted by atomic mass is 9.98. The van der Waals surface area contributed by atoms with E-state index in [1.54, 1.807) is 0 Å². The molecule has 1 rings (SSSR count). The quantitative estimate of drug-likeness (QED) is 0.530. The van der Waals surface area contributed by atoms with Crippen molar-refractivity contribution in [1.82, 2.24) is 5.32 Å². The molecule has 0 aromatic rings. The number of esters is 1. The Bertz CT molecular complexity index is 178. The number of alkyl halides is 1. The van der Waals surface area contributed by atoms with Crippen molar-refractivity contribution in [2.45, 2.75) is 24.7 Å². The maximum Gasteiger partial charge on any atom is 0.340 e. The van der Waals surface area contributed by atoms with Crippen LogP contribution in [0.1, 0.15) is 12.8 Å². The predicted octanol–water partition coefficient (Wildman–Crippen LogP) is -0.464. The van der Waals surface area contributed by atoms with Crippen molar-refractivity contribution >= 4 is 5.97 Å². The average Bonchev–Trinajstić information content (AvgIpc) is 2.09. The molecule has 5 heteroatoms. The van der Waals surface area contributed by atoms with Gasteiger partial charge in [-0.3, -0.25) is 5.32 Å². The van der Waals surface area contributed by atoms with Crippen LogP contribution in [-0.4, -0.2) is 31.5 Å². The first-order chi connectivity index (χ1) is 5.58. The van der Waals surface area contributed by atoms with Gasteiger partial charge in [-0.25, -0.2) is 9.18 Å². The van der Waals surface area contributed by atoms with Crippen LogP contribution < -0.4 is 11.1 Å². The van der Waals surface area contributed by atoms with Crippen molar-refractivity contribution in [3.63, 3.8) is 0 Å². The predicted molar refractivity (Wildman–Crippen MR) is 41.1 cm³/mol. The maximum atomic E-state index is 12.6. The largest absolute Gasteiger partial charge is 0.467 e. The number of rotatable bonds is 1. The molecule has 0 aliphatic carbocycles. The molecule has 4 nitrogen and oxygen atoms in total. The molecule has 0 aromatic carbocycles. The number of carbonyl (C=O) groups excluding carboxylic acids is 1. The molecule has 0 amide bonds. The van der Waals surface area contributed by atoms with Gasteiger partial charge in [-0.2, -0.15) is 0 Å². The van der Waals surface area contributed by atoms with Crippen LogP contribution in [0.5, 0.6) is 0 Å². The van der Waals surface area contributed by atoms with E-state index in [0.29, 0.717) is 6.42 Å². The molecule has 2 atom stereocenters. The van der Waals surface area contributed by atoms with Gasteiger partial charge in [0, 0.05) is 6.54 Å². The summed E-state index contributed by atoms with van der Waals surface area (Å²) in [4.78, 5) is 11.1. The van der Waals surface area contributed by atoms with Crippen LogP contribution in [-0.2, 0) is 9.53 Å². The molecule has 0 radical (unpaired) electrons. The van der Waals surface area contributed by atoms with E-state index >= 15 is 0 Å². The minimum atomic E-state index is -1.18. The molecule has 1 aliphatic rings. The van der Waals surface area contributed by atoms with E-state index in [2.05, 4.69) is 10.1 Å². The Morgan fingerprint density at radius 3 is 2.92 bits per heavy atom. The summed E-state index contributed by atoms with van der Waals surface area (Å²) in [5.74, 6) is -0.533. The maximum absolute atomic E-state index is 12.6. The van der Waals surface area contributed by atoms with E-state index in [4.69, 9.17) is 5.73 Å². The molecule has 70 valence electrons. The smallest absolute Gasteiger partial charge is 0.340 e. The van der Waals surface area contributed by atoms with E-state index in [0.717, 1.165) is 0 Å². The highest BCUT2D eigenvalue weighted by atomic mass is 19.1.